The second kappa shape index (κ2) is 6.08. The summed E-state index contributed by atoms with van der Waals surface area (Å²) in [5.41, 5.74) is 0.260. The smallest absolute Gasteiger partial charge is 0.311 e. The van der Waals surface area contributed by atoms with Gasteiger partial charge in [-0.05, 0) is 18.2 Å². The van der Waals surface area contributed by atoms with Crippen molar-refractivity contribution in [3.05, 3.63) is 62.7 Å². The Balaban J connectivity index is 2.25. The highest BCUT2D eigenvalue weighted by atomic mass is 35.5. The van der Waals surface area contributed by atoms with Crippen LogP contribution in [0.5, 0.6) is 5.75 Å². The zero-order valence-corrected chi connectivity index (χ0v) is 11.4. The van der Waals surface area contributed by atoms with Gasteiger partial charge in [-0.25, -0.2) is 0 Å². The zero-order valence-electron chi connectivity index (χ0n) is 10.6. The van der Waals surface area contributed by atoms with Crippen molar-refractivity contribution in [1.82, 2.24) is 0 Å². The monoisotopic (exact) mass is 292 g/mol. The van der Waals surface area contributed by atoms with Crippen LogP contribution < -0.4 is 15.2 Å². The van der Waals surface area contributed by atoms with Crippen LogP contribution in [-0.4, -0.2) is 7.11 Å². The number of rotatable bonds is 4. The summed E-state index contributed by atoms with van der Waals surface area (Å²) in [6.45, 7) is 0.0794. The van der Waals surface area contributed by atoms with Crippen molar-refractivity contribution in [3.8, 4) is 5.75 Å². The fraction of sp³-hybridized carbons (Fsp3) is 0.154. The first-order valence-electron chi connectivity index (χ1n) is 5.68. The summed E-state index contributed by atoms with van der Waals surface area (Å²) < 4.78 is 10.1. The summed E-state index contributed by atoms with van der Waals surface area (Å²) in [5, 5.41) is 14.0. The Morgan fingerprint density at radius 2 is 2.25 bits per heavy atom. The van der Waals surface area contributed by atoms with Crippen LogP contribution in [0.3, 0.4) is 0 Å². The molecule has 7 heteroatoms. The molecule has 1 heterocycles. The predicted molar refractivity (Wildman–Crippen MR) is 74.2 cm³/mol. The Kier molecular flexibility index (Phi) is 4.23. The van der Waals surface area contributed by atoms with Crippen LogP contribution in [0.25, 0.3) is 5.08 Å². The molecule has 1 aromatic heterocycles. The molecule has 1 aromatic carbocycles. The zero-order chi connectivity index (χ0) is 14.5. The Labute approximate surface area is 119 Å². The largest absolute Gasteiger partial charge is 0.490 e. The van der Waals surface area contributed by atoms with Crippen molar-refractivity contribution in [2.45, 2.75) is 6.54 Å². The molecule has 0 N–H and O–H groups in total. The highest BCUT2D eigenvalue weighted by molar-refractivity contribution is 6.30. The maximum Gasteiger partial charge on any atom is 0.311 e. The molecule has 0 atom stereocenters. The first-order valence-corrected chi connectivity index (χ1v) is 6.05. The Bertz CT molecular complexity index is 708. The molecule has 2 aromatic rings. The van der Waals surface area contributed by atoms with Crippen molar-refractivity contribution in [1.29, 1.82) is 5.39 Å². The summed E-state index contributed by atoms with van der Waals surface area (Å²) in [7, 11) is 1.38. The van der Waals surface area contributed by atoms with Crippen molar-refractivity contribution in [2.24, 2.45) is 0 Å². The molecule has 2 rings (SSSR count). The number of methoxy groups -OCH3 is 1. The second-order valence-corrected chi connectivity index (χ2v) is 4.34. The van der Waals surface area contributed by atoms with Gasteiger partial charge in [0.1, 0.15) is 17.7 Å². The summed E-state index contributed by atoms with van der Waals surface area (Å²) >= 11 is 5.87. The van der Waals surface area contributed by atoms with Gasteiger partial charge in [0, 0.05) is 16.1 Å². The topological polar surface area (TPSA) is 70.8 Å². The first-order chi connectivity index (χ1) is 9.63. The van der Waals surface area contributed by atoms with Gasteiger partial charge in [-0.3, -0.25) is 4.79 Å². The minimum atomic E-state index is -0.308. The molecule has 0 aliphatic heterocycles. The van der Waals surface area contributed by atoms with E-state index in [2.05, 4.69) is 5.08 Å². The number of benzene rings is 1. The van der Waals surface area contributed by atoms with Crippen LogP contribution in [0.15, 0.2) is 45.8 Å². The third kappa shape index (κ3) is 3.08. The van der Waals surface area contributed by atoms with E-state index < -0.39 is 0 Å². The maximum atomic E-state index is 11.6. The number of hydrogen-bond donors (Lipinski definition) is 0. The molecule has 0 saturated carbocycles. The van der Waals surface area contributed by atoms with E-state index >= 15 is 0 Å². The van der Waals surface area contributed by atoms with E-state index in [0.29, 0.717) is 16.5 Å². The third-order valence-electron chi connectivity index (χ3n) is 2.59. The summed E-state index contributed by atoms with van der Waals surface area (Å²) in [5.74, 6) is 0.442. The fourth-order valence-corrected chi connectivity index (χ4v) is 1.81. The van der Waals surface area contributed by atoms with Crippen molar-refractivity contribution >= 4 is 17.3 Å². The molecular weight excluding hydrogens is 282 g/mol. The van der Waals surface area contributed by atoms with E-state index in [9.17, 15) is 4.79 Å². The Hall–Kier alpha value is -2.52. The van der Waals surface area contributed by atoms with Gasteiger partial charge < -0.3 is 9.15 Å². The molecule has 0 unspecified atom stereocenters. The standard InChI is InChI=1S/C13H11ClN3O3/c1-19-13-8-20-11(6-12(13)18)7-17(16-15)10-4-2-3-9(14)5-10/h2-6,8H,7H2,1H3/q+1. The van der Waals surface area contributed by atoms with Gasteiger partial charge in [-0.2, -0.15) is 0 Å². The quantitative estimate of drug-likeness (QED) is 0.640. The van der Waals surface area contributed by atoms with Crippen molar-refractivity contribution < 1.29 is 9.15 Å². The Morgan fingerprint density at radius 3 is 2.85 bits per heavy atom. The van der Waals surface area contributed by atoms with Gasteiger partial charge in [-0.1, -0.05) is 17.7 Å². The minimum Gasteiger partial charge on any atom is -0.490 e. The summed E-state index contributed by atoms with van der Waals surface area (Å²) in [6, 6.07) is 8.05. The van der Waals surface area contributed by atoms with E-state index in [1.165, 1.54) is 24.4 Å². The Morgan fingerprint density at radius 1 is 1.45 bits per heavy atom. The minimum absolute atomic E-state index is 0.0794. The lowest BCUT2D eigenvalue weighted by Crippen LogP contribution is -2.15. The van der Waals surface area contributed by atoms with Crippen LogP contribution in [0.1, 0.15) is 5.76 Å². The van der Waals surface area contributed by atoms with E-state index in [1.807, 2.05) is 0 Å². The number of halogens is 1. The van der Waals surface area contributed by atoms with E-state index in [0.717, 1.165) is 0 Å². The maximum absolute atomic E-state index is 11.6. The number of hydrogen-bond acceptors (Lipinski definition) is 5. The van der Waals surface area contributed by atoms with Gasteiger partial charge in [0.25, 0.3) is 5.39 Å². The third-order valence-corrected chi connectivity index (χ3v) is 2.83. The van der Waals surface area contributed by atoms with Gasteiger partial charge in [0.05, 0.1) is 7.11 Å². The van der Waals surface area contributed by atoms with Gasteiger partial charge in [-0.15, -0.1) is 0 Å². The number of anilines is 1. The van der Waals surface area contributed by atoms with Crippen LogP contribution in [-0.2, 0) is 6.54 Å². The lowest BCUT2D eigenvalue weighted by Gasteiger charge is -2.05. The van der Waals surface area contributed by atoms with E-state index in [-0.39, 0.29) is 17.7 Å². The molecule has 6 nitrogen and oxygen atoms in total. The number of ether oxygens (including phenoxy) is 1. The normalized spacial score (nSPS) is 9.85. The number of nitrogens with zero attached hydrogens (tertiary/aromatic N) is 3. The van der Waals surface area contributed by atoms with E-state index in [1.54, 1.807) is 24.3 Å². The summed E-state index contributed by atoms with van der Waals surface area (Å²) in [4.78, 5) is 11.6. The molecule has 20 heavy (non-hydrogen) atoms. The van der Waals surface area contributed by atoms with Crippen LogP contribution in [0.2, 0.25) is 5.02 Å². The van der Waals surface area contributed by atoms with Crippen molar-refractivity contribution in [2.75, 3.05) is 12.1 Å². The number of diazo groups is 1. The second-order valence-electron chi connectivity index (χ2n) is 3.91. The highest BCUT2D eigenvalue weighted by Crippen LogP contribution is 2.21. The molecule has 0 fully saturated rings. The van der Waals surface area contributed by atoms with Gasteiger partial charge >= 0.3 is 5.08 Å². The SMILES string of the molecule is COc1coc(CN([N+]#N)c2cccc(Cl)c2)cc1=O. The lowest BCUT2D eigenvalue weighted by molar-refractivity contribution is 0.378. The molecule has 102 valence electrons. The molecular formula is C13H11ClN3O3+. The molecule has 0 spiro atoms. The highest BCUT2D eigenvalue weighted by Gasteiger charge is 2.19. The predicted octanol–water partition coefficient (Wildman–Crippen LogP) is 3.08. The lowest BCUT2D eigenvalue weighted by atomic mass is 10.3. The van der Waals surface area contributed by atoms with Crippen LogP contribution in [0, 0.1) is 5.39 Å². The molecule has 0 aliphatic carbocycles. The molecule has 0 saturated heterocycles. The molecule has 0 radical (unpaired) electrons. The molecule has 0 bridgehead atoms. The average Bonchev–Trinajstić information content (AvgIpc) is 2.45. The molecule has 0 amide bonds. The van der Waals surface area contributed by atoms with Crippen LogP contribution >= 0.6 is 11.6 Å². The van der Waals surface area contributed by atoms with Crippen molar-refractivity contribution in [3.63, 3.8) is 0 Å². The summed E-state index contributed by atoms with van der Waals surface area (Å²) in [6.07, 6.45) is 1.21. The van der Waals surface area contributed by atoms with Crippen LogP contribution in [0.4, 0.5) is 5.69 Å². The molecule has 0 aliphatic rings. The fourth-order valence-electron chi connectivity index (χ4n) is 1.63. The van der Waals surface area contributed by atoms with Gasteiger partial charge in [0.2, 0.25) is 11.2 Å². The van der Waals surface area contributed by atoms with E-state index in [4.69, 9.17) is 26.1 Å². The first kappa shape index (κ1) is 13.9. The average molecular weight is 293 g/mol. The van der Waals surface area contributed by atoms with Gasteiger partial charge in [0.15, 0.2) is 6.54 Å².